The van der Waals surface area contributed by atoms with Crippen molar-refractivity contribution in [1.82, 2.24) is 0 Å². The molecule has 3 nitrogen and oxygen atoms in total. The van der Waals surface area contributed by atoms with E-state index in [9.17, 15) is 13.3 Å². The van der Waals surface area contributed by atoms with Crippen LogP contribution in [0.2, 0.25) is 0 Å². The number of hydrogen-bond donors (Lipinski definition) is 0. The van der Waals surface area contributed by atoms with Gasteiger partial charge in [-0.3, -0.25) is 0 Å². The highest BCUT2D eigenvalue weighted by molar-refractivity contribution is 7.85. The van der Waals surface area contributed by atoms with Gasteiger partial charge < -0.3 is 14.0 Å². The molecule has 0 unspecified atom stereocenters. The molecule has 0 atom stereocenters. The number of benzene rings is 3. The quantitative estimate of drug-likeness (QED) is 0.539. The molecule has 0 radical (unpaired) electrons. The Kier molecular flexibility index (Phi) is 4.78. The lowest BCUT2D eigenvalue weighted by molar-refractivity contribution is -0.286. The van der Waals surface area contributed by atoms with Crippen LogP contribution in [0.3, 0.4) is 0 Å². The summed E-state index contributed by atoms with van der Waals surface area (Å²) in [6.45, 7) is 9.46. The lowest BCUT2D eigenvalue weighted by Gasteiger charge is -2.22. The van der Waals surface area contributed by atoms with E-state index >= 15 is 0 Å². The van der Waals surface area contributed by atoms with Crippen molar-refractivity contribution in [2.75, 3.05) is 0 Å². The third-order valence-corrected chi connectivity index (χ3v) is 8.13. The van der Waals surface area contributed by atoms with E-state index in [1.54, 1.807) is 13.0 Å². The topological polar surface area (TPSA) is 35.5 Å². The van der Waals surface area contributed by atoms with Gasteiger partial charge in [0.25, 0.3) is 0 Å². The Bertz CT molecular complexity index is 1120. The number of ether oxygens (including phenoxy) is 2. The molecule has 0 spiro atoms. The summed E-state index contributed by atoms with van der Waals surface area (Å²) in [5.41, 5.74) is 4.39. The van der Waals surface area contributed by atoms with E-state index in [2.05, 4.69) is 4.74 Å². The van der Waals surface area contributed by atoms with Crippen LogP contribution in [0.5, 0.6) is 11.5 Å². The minimum atomic E-state index is -3.73. The minimum Gasteiger partial charge on any atom is -0.395 e. The van der Waals surface area contributed by atoms with Gasteiger partial charge >= 0.3 is 6.29 Å². The van der Waals surface area contributed by atoms with E-state index in [4.69, 9.17) is 4.74 Å². The molecule has 0 bridgehead atoms. The summed E-state index contributed by atoms with van der Waals surface area (Å²) < 4.78 is 51.6. The van der Waals surface area contributed by atoms with Gasteiger partial charge in [0, 0.05) is 15.9 Å². The van der Waals surface area contributed by atoms with E-state index in [-0.39, 0.29) is 11.5 Å². The molecule has 1 heterocycles. The van der Waals surface area contributed by atoms with Crippen LogP contribution in [0.25, 0.3) is 0 Å². The first-order chi connectivity index (χ1) is 14.0. The molecular formula is C24H23F2O3P. The van der Waals surface area contributed by atoms with Crippen LogP contribution in [0.15, 0.2) is 48.5 Å². The number of fused-ring (bicyclic) bond motifs is 1. The number of rotatable bonds is 3. The number of halogens is 2. The first-order valence-electron chi connectivity index (χ1n) is 9.67. The molecule has 4 rings (SSSR count). The van der Waals surface area contributed by atoms with Crippen molar-refractivity contribution < 1.29 is 22.8 Å². The second-order valence-electron chi connectivity index (χ2n) is 8.06. The van der Waals surface area contributed by atoms with Crippen LogP contribution in [0.1, 0.15) is 27.8 Å². The zero-order valence-electron chi connectivity index (χ0n) is 17.5. The van der Waals surface area contributed by atoms with Gasteiger partial charge in [0.2, 0.25) is 0 Å². The van der Waals surface area contributed by atoms with E-state index in [0.717, 1.165) is 22.3 Å². The maximum atomic E-state index is 14.9. The number of hydrogen-bond acceptors (Lipinski definition) is 3. The van der Waals surface area contributed by atoms with E-state index in [1.165, 1.54) is 6.07 Å². The molecule has 0 saturated carbocycles. The molecular weight excluding hydrogens is 405 g/mol. The zero-order valence-corrected chi connectivity index (χ0v) is 18.4. The van der Waals surface area contributed by atoms with Crippen LogP contribution < -0.4 is 25.4 Å². The highest BCUT2D eigenvalue weighted by atomic mass is 31.2. The first kappa shape index (κ1) is 20.6. The Morgan fingerprint density at radius 1 is 0.667 bits per heavy atom. The molecule has 3 aromatic carbocycles. The van der Waals surface area contributed by atoms with Crippen molar-refractivity contribution in [2.24, 2.45) is 0 Å². The van der Waals surface area contributed by atoms with Crippen LogP contribution in [-0.2, 0) is 4.57 Å². The van der Waals surface area contributed by atoms with Gasteiger partial charge in [0.15, 0.2) is 18.6 Å². The Hall–Kier alpha value is -2.65. The van der Waals surface area contributed by atoms with Gasteiger partial charge in [0.1, 0.15) is 0 Å². The predicted molar refractivity (Wildman–Crippen MR) is 116 cm³/mol. The molecule has 30 heavy (non-hydrogen) atoms. The Morgan fingerprint density at radius 2 is 1.10 bits per heavy atom. The Labute approximate surface area is 175 Å². The van der Waals surface area contributed by atoms with Crippen molar-refractivity contribution in [3.8, 4) is 11.5 Å². The van der Waals surface area contributed by atoms with Gasteiger partial charge in [-0.15, -0.1) is 8.78 Å². The number of aryl methyl sites for hydroxylation is 5. The third-order valence-electron chi connectivity index (χ3n) is 5.18. The molecule has 0 aromatic heterocycles. The molecule has 0 amide bonds. The fourth-order valence-electron chi connectivity index (χ4n) is 4.09. The second kappa shape index (κ2) is 6.95. The fourth-order valence-corrected chi connectivity index (χ4v) is 7.20. The van der Waals surface area contributed by atoms with Gasteiger partial charge in [0.05, 0.1) is 0 Å². The summed E-state index contributed by atoms with van der Waals surface area (Å²) in [5, 5.41) is 1.76. The summed E-state index contributed by atoms with van der Waals surface area (Å²) >= 11 is 0. The van der Waals surface area contributed by atoms with Crippen molar-refractivity contribution in [3.05, 3.63) is 76.3 Å². The molecule has 0 aliphatic carbocycles. The highest BCUT2D eigenvalue weighted by Crippen LogP contribution is 2.49. The van der Waals surface area contributed by atoms with Crippen molar-refractivity contribution in [2.45, 2.75) is 40.9 Å². The summed E-state index contributed by atoms with van der Waals surface area (Å²) in [6.07, 6.45) is -3.73. The number of alkyl halides is 2. The normalized spacial score (nSPS) is 14.8. The smallest absolute Gasteiger partial charge is 0.395 e. The summed E-state index contributed by atoms with van der Waals surface area (Å²) in [5.74, 6) is -0.111. The summed E-state index contributed by atoms with van der Waals surface area (Å²) in [6, 6.07) is 14.7. The standard InChI is InChI=1S/C24H23F2O3P/c1-14-6-15(2)9-19(8-14)30(27,20-10-16(3)7-17(4)11-20)21-12-18(5)23-22(13-21)28-24(25,26)29-23/h6-13H,1-5H3. The van der Waals surface area contributed by atoms with Crippen molar-refractivity contribution >= 4 is 23.1 Å². The molecule has 0 fully saturated rings. The highest BCUT2D eigenvalue weighted by Gasteiger charge is 2.45. The summed E-state index contributed by atoms with van der Waals surface area (Å²) in [4.78, 5) is 0. The Balaban J connectivity index is 2.03. The third kappa shape index (κ3) is 3.52. The van der Waals surface area contributed by atoms with Gasteiger partial charge in [-0.05, 0) is 76.6 Å². The second-order valence-corrected chi connectivity index (χ2v) is 10.8. The molecule has 6 heteroatoms. The molecule has 3 aromatic rings. The van der Waals surface area contributed by atoms with Gasteiger partial charge in [-0.2, -0.15) is 0 Å². The van der Waals surface area contributed by atoms with Crippen molar-refractivity contribution in [1.29, 1.82) is 0 Å². The monoisotopic (exact) mass is 428 g/mol. The van der Waals surface area contributed by atoms with E-state index in [0.29, 0.717) is 21.5 Å². The SMILES string of the molecule is Cc1cc(C)cc(P(=O)(c2cc(C)cc(C)c2)c2cc(C)c3c(c2)OC(F)(F)O3)c1. The average Bonchev–Trinajstić information content (AvgIpc) is 2.94. The zero-order chi connectivity index (χ0) is 21.8. The lowest BCUT2D eigenvalue weighted by Crippen LogP contribution is -2.27. The van der Waals surface area contributed by atoms with E-state index in [1.807, 2.05) is 64.1 Å². The molecule has 1 aliphatic heterocycles. The van der Waals surface area contributed by atoms with E-state index < -0.39 is 13.4 Å². The molecule has 1 aliphatic rings. The largest absolute Gasteiger partial charge is 0.586 e. The van der Waals surface area contributed by atoms with Crippen LogP contribution in [0, 0.1) is 34.6 Å². The first-order valence-corrected chi connectivity index (χ1v) is 11.4. The van der Waals surface area contributed by atoms with Crippen LogP contribution >= 0.6 is 7.14 Å². The molecule has 156 valence electrons. The lowest BCUT2D eigenvalue weighted by atomic mass is 10.2. The predicted octanol–water partition coefficient (Wildman–Crippen LogP) is 5.19. The average molecular weight is 428 g/mol. The molecule has 0 N–H and O–H groups in total. The van der Waals surface area contributed by atoms with Gasteiger partial charge in [-0.1, -0.05) is 34.4 Å². The minimum absolute atomic E-state index is 0.0175. The maximum absolute atomic E-state index is 14.9. The maximum Gasteiger partial charge on any atom is 0.586 e. The van der Waals surface area contributed by atoms with Crippen molar-refractivity contribution in [3.63, 3.8) is 0 Å². The van der Waals surface area contributed by atoms with Crippen LogP contribution in [-0.4, -0.2) is 6.29 Å². The Morgan fingerprint density at radius 3 is 1.57 bits per heavy atom. The van der Waals surface area contributed by atoms with Crippen LogP contribution in [0.4, 0.5) is 8.78 Å². The fraction of sp³-hybridized carbons (Fsp3) is 0.250. The summed E-state index contributed by atoms with van der Waals surface area (Å²) in [7, 11) is -3.37. The van der Waals surface area contributed by atoms with Gasteiger partial charge in [-0.25, -0.2) is 0 Å². The molecule has 0 saturated heterocycles.